The summed E-state index contributed by atoms with van der Waals surface area (Å²) in [4.78, 5) is 16.9. The second kappa shape index (κ2) is 7.40. The molecule has 0 aliphatic rings. The number of imidazole rings is 1. The van der Waals surface area contributed by atoms with E-state index in [1.807, 2.05) is 24.3 Å². The van der Waals surface area contributed by atoms with Crippen LogP contribution in [0.4, 0.5) is 4.39 Å². The zero-order valence-electron chi connectivity index (χ0n) is 14.6. The molecule has 0 N–H and O–H groups in total. The molecule has 7 heteroatoms. The quantitative estimate of drug-likeness (QED) is 0.398. The van der Waals surface area contributed by atoms with E-state index in [9.17, 15) is 9.18 Å². The summed E-state index contributed by atoms with van der Waals surface area (Å²) in [5.74, 6) is -0.710. The second-order valence-electron chi connectivity index (χ2n) is 6.15. The smallest absolute Gasteiger partial charge is 0.322 e. The van der Waals surface area contributed by atoms with Gasteiger partial charge in [0.1, 0.15) is 10.6 Å². The number of rotatable bonds is 5. The van der Waals surface area contributed by atoms with Crippen LogP contribution in [-0.2, 0) is 9.53 Å². The van der Waals surface area contributed by atoms with E-state index in [-0.39, 0.29) is 11.8 Å². The van der Waals surface area contributed by atoms with E-state index in [1.165, 1.54) is 17.8 Å². The largest absolute Gasteiger partial charge is 0.465 e. The maximum atomic E-state index is 14.7. The Morgan fingerprint density at radius 1 is 1.31 bits per heavy atom. The Morgan fingerprint density at radius 2 is 2.04 bits per heavy atom. The van der Waals surface area contributed by atoms with Gasteiger partial charge in [-0.3, -0.25) is 9.36 Å². The summed E-state index contributed by atoms with van der Waals surface area (Å²) in [6.45, 7) is 5.63. The zero-order valence-corrected chi connectivity index (χ0v) is 17.0. The van der Waals surface area contributed by atoms with Gasteiger partial charge in [-0.15, -0.1) is 0 Å². The fourth-order valence-corrected chi connectivity index (χ4v) is 3.91. The number of nitrogens with zero attached hydrogens (tertiary/aromatic N) is 2. The van der Waals surface area contributed by atoms with Crippen LogP contribution >= 0.6 is 27.7 Å². The van der Waals surface area contributed by atoms with E-state index in [0.717, 1.165) is 11.0 Å². The molecule has 0 atom stereocenters. The molecule has 0 aliphatic heterocycles. The van der Waals surface area contributed by atoms with Gasteiger partial charge in [0.2, 0.25) is 0 Å². The first-order valence-corrected chi connectivity index (χ1v) is 9.73. The number of esters is 1. The van der Waals surface area contributed by atoms with E-state index in [4.69, 9.17) is 4.74 Å². The molecule has 0 spiro atoms. The average molecular weight is 437 g/mol. The first kappa shape index (κ1) is 18.9. The van der Waals surface area contributed by atoms with Gasteiger partial charge < -0.3 is 4.74 Å². The van der Waals surface area contributed by atoms with Gasteiger partial charge in [0, 0.05) is 4.47 Å². The van der Waals surface area contributed by atoms with Crippen molar-refractivity contribution >= 4 is 44.7 Å². The Bertz CT molecular complexity index is 971. The number of hydrogen-bond donors (Lipinski definition) is 0. The molecular weight excluding hydrogens is 419 g/mol. The third kappa shape index (κ3) is 3.64. The van der Waals surface area contributed by atoms with E-state index < -0.39 is 4.75 Å². The van der Waals surface area contributed by atoms with Crippen molar-refractivity contribution < 1.29 is 13.9 Å². The second-order valence-corrected chi connectivity index (χ2v) is 8.65. The molecule has 3 aromatic rings. The topological polar surface area (TPSA) is 44.1 Å². The van der Waals surface area contributed by atoms with E-state index >= 15 is 0 Å². The highest BCUT2D eigenvalue weighted by Crippen LogP contribution is 2.37. The van der Waals surface area contributed by atoms with Crippen molar-refractivity contribution in [2.45, 2.75) is 30.7 Å². The minimum Gasteiger partial charge on any atom is -0.465 e. The van der Waals surface area contributed by atoms with Gasteiger partial charge in [0.05, 0.1) is 23.3 Å². The fraction of sp³-hybridized carbons (Fsp3) is 0.263. The number of para-hydroxylation sites is 2. The molecule has 4 nitrogen and oxygen atoms in total. The normalized spacial score (nSPS) is 11.7. The number of carbonyl (C=O) groups excluding carboxylic acids is 1. The molecule has 0 bridgehead atoms. The van der Waals surface area contributed by atoms with Crippen LogP contribution in [0, 0.1) is 5.82 Å². The van der Waals surface area contributed by atoms with Crippen LogP contribution < -0.4 is 0 Å². The van der Waals surface area contributed by atoms with Crippen molar-refractivity contribution in [3.63, 3.8) is 0 Å². The van der Waals surface area contributed by atoms with E-state index in [2.05, 4.69) is 20.9 Å². The zero-order chi connectivity index (χ0) is 18.9. The van der Waals surface area contributed by atoms with Gasteiger partial charge >= 0.3 is 5.97 Å². The lowest BCUT2D eigenvalue weighted by Crippen LogP contribution is -2.30. The maximum absolute atomic E-state index is 14.7. The Hall–Kier alpha value is -1.86. The van der Waals surface area contributed by atoms with Crippen LogP contribution in [0.1, 0.15) is 20.8 Å². The first-order valence-electron chi connectivity index (χ1n) is 8.12. The van der Waals surface area contributed by atoms with Crippen LogP contribution in [0.25, 0.3) is 16.7 Å². The molecule has 0 radical (unpaired) electrons. The highest BCUT2D eigenvalue weighted by Gasteiger charge is 2.33. The summed E-state index contributed by atoms with van der Waals surface area (Å²) in [7, 11) is 0. The third-order valence-corrected chi connectivity index (χ3v) is 5.42. The molecule has 26 heavy (non-hydrogen) atoms. The van der Waals surface area contributed by atoms with Crippen molar-refractivity contribution in [3.05, 3.63) is 52.8 Å². The van der Waals surface area contributed by atoms with Crippen molar-refractivity contribution in [1.82, 2.24) is 9.55 Å². The molecule has 0 amide bonds. The number of aromatic nitrogens is 2. The molecule has 0 saturated heterocycles. The number of ether oxygens (including phenoxy) is 1. The van der Waals surface area contributed by atoms with Crippen LogP contribution in [0.2, 0.25) is 0 Å². The highest BCUT2D eigenvalue weighted by atomic mass is 79.9. The lowest BCUT2D eigenvalue weighted by molar-refractivity contribution is -0.145. The van der Waals surface area contributed by atoms with Crippen LogP contribution in [-0.4, -0.2) is 26.9 Å². The summed E-state index contributed by atoms with van der Waals surface area (Å²) in [5.41, 5.74) is 1.89. The predicted molar refractivity (Wildman–Crippen MR) is 105 cm³/mol. The SMILES string of the molecule is CCOC(=O)C(C)(C)Sc1nc2ccccc2n1-c1ccc(Br)cc1F. The van der Waals surface area contributed by atoms with Crippen LogP contribution in [0.5, 0.6) is 0 Å². The summed E-state index contributed by atoms with van der Waals surface area (Å²) in [6.07, 6.45) is 0. The number of carbonyl (C=O) groups is 1. The molecule has 0 saturated carbocycles. The number of thioether (sulfide) groups is 1. The average Bonchev–Trinajstić information content (AvgIpc) is 2.92. The predicted octanol–water partition coefficient (Wildman–Crippen LogP) is 5.36. The van der Waals surface area contributed by atoms with Gasteiger partial charge in [-0.05, 0) is 51.1 Å². The molecule has 2 aromatic carbocycles. The minimum atomic E-state index is -0.860. The van der Waals surface area contributed by atoms with E-state index in [0.29, 0.717) is 21.9 Å². The fourth-order valence-electron chi connectivity index (χ4n) is 2.54. The summed E-state index contributed by atoms with van der Waals surface area (Å²) in [6, 6.07) is 12.4. The lowest BCUT2D eigenvalue weighted by Gasteiger charge is -2.21. The van der Waals surface area contributed by atoms with Crippen molar-refractivity contribution in [3.8, 4) is 5.69 Å². The van der Waals surface area contributed by atoms with Crippen molar-refractivity contribution in [2.75, 3.05) is 6.61 Å². The van der Waals surface area contributed by atoms with E-state index in [1.54, 1.807) is 37.5 Å². The minimum absolute atomic E-state index is 0.306. The first-order chi connectivity index (χ1) is 12.3. The molecule has 0 unspecified atom stereocenters. The van der Waals surface area contributed by atoms with Gasteiger partial charge in [-0.1, -0.05) is 39.8 Å². The molecule has 1 heterocycles. The molecule has 0 aliphatic carbocycles. The van der Waals surface area contributed by atoms with Crippen molar-refractivity contribution in [2.24, 2.45) is 0 Å². The van der Waals surface area contributed by atoms with Gasteiger partial charge in [0.15, 0.2) is 5.16 Å². The number of halogens is 2. The molecule has 0 fully saturated rings. The molecular formula is C19H18BrFN2O2S. The van der Waals surface area contributed by atoms with Gasteiger partial charge in [-0.25, -0.2) is 9.37 Å². The Balaban J connectivity index is 2.15. The number of hydrogen-bond acceptors (Lipinski definition) is 4. The monoisotopic (exact) mass is 436 g/mol. The Labute approximate surface area is 163 Å². The van der Waals surface area contributed by atoms with Crippen LogP contribution in [0.15, 0.2) is 52.1 Å². The third-order valence-electron chi connectivity index (χ3n) is 3.79. The Kier molecular flexibility index (Phi) is 5.39. The van der Waals surface area contributed by atoms with Gasteiger partial charge in [0.25, 0.3) is 0 Å². The van der Waals surface area contributed by atoms with Crippen LogP contribution in [0.3, 0.4) is 0 Å². The lowest BCUT2D eigenvalue weighted by atomic mass is 10.2. The highest BCUT2D eigenvalue weighted by molar-refractivity contribution is 9.10. The van der Waals surface area contributed by atoms with Gasteiger partial charge in [-0.2, -0.15) is 0 Å². The molecule has 1 aromatic heterocycles. The summed E-state index contributed by atoms with van der Waals surface area (Å²) < 4.78 is 21.4. The summed E-state index contributed by atoms with van der Waals surface area (Å²) in [5, 5.41) is 0.533. The van der Waals surface area contributed by atoms with Crippen molar-refractivity contribution in [1.29, 1.82) is 0 Å². The molecule has 136 valence electrons. The summed E-state index contributed by atoms with van der Waals surface area (Å²) >= 11 is 4.53. The number of benzene rings is 2. The maximum Gasteiger partial charge on any atom is 0.322 e. The molecule has 3 rings (SSSR count). The Morgan fingerprint density at radius 3 is 2.73 bits per heavy atom. The number of fused-ring (bicyclic) bond motifs is 1. The standard InChI is InChI=1S/C19H18BrFN2O2S/c1-4-25-17(24)19(2,3)26-18-22-14-7-5-6-8-16(14)23(18)15-10-9-12(20)11-13(15)21/h5-11H,4H2,1-3H3.